The Balaban J connectivity index is 2.29. The fourth-order valence-corrected chi connectivity index (χ4v) is 2.59. The van der Waals surface area contributed by atoms with Gasteiger partial charge in [-0.1, -0.05) is 43.7 Å². The number of nitrogens with two attached hydrogens (primary N) is 1. The molecule has 1 nitrogen and oxygen atoms in total. The number of hydrogen-bond donors (Lipinski definition) is 1. The molecule has 0 amide bonds. The molecule has 1 atom stereocenters. The number of benzene rings is 1. The van der Waals surface area contributed by atoms with Crippen LogP contribution in [0.4, 0.5) is 0 Å². The molecule has 76 valence electrons. The molecule has 1 aliphatic carbocycles. The Morgan fingerprint density at radius 1 is 1.29 bits per heavy atom. The highest BCUT2D eigenvalue weighted by Crippen LogP contribution is 2.46. The molecule has 0 aromatic heterocycles. The van der Waals surface area contributed by atoms with Gasteiger partial charge in [0, 0.05) is 11.5 Å². The van der Waals surface area contributed by atoms with Gasteiger partial charge in [-0.3, -0.25) is 0 Å². The quantitative estimate of drug-likeness (QED) is 0.777. The lowest BCUT2D eigenvalue weighted by atomic mass is 9.60. The van der Waals surface area contributed by atoms with Crippen LogP contribution in [0.2, 0.25) is 0 Å². The van der Waals surface area contributed by atoms with Gasteiger partial charge in [0.2, 0.25) is 0 Å². The highest BCUT2D eigenvalue weighted by Gasteiger charge is 2.42. The van der Waals surface area contributed by atoms with Gasteiger partial charge in [-0.05, 0) is 24.8 Å². The average molecular weight is 189 g/mol. The molecular formula is C13H19N. The smallest absolute Gasteiger partial charge is 0.0134 e. The normalized spacial score (nSPS) is 21.3. The molecule has 0 aliphatic heterocycles. The van der Waals surface area contributed by atoms with E-state index in [-0.39, 0.29) is 0 Å². The molecule has 0 spiro atoms. The van der Waals surface area contributed by atoms with Crippen LogP contribution in [0.15, 0.2) is 30.3 Å². The van der Waals surface area contributed by atoms with Gasteiger partial charge >= 0.3 is 0 Å². The molecule has 0 saturated heterocycles. The third kappa shape index (κ3) is 1.36. The summed E-state index contributed by atoms with van der Waals surface area (Å²) < 4.78 is 0. The third-order valence-corrected chi connectivity index (χ3v) is 3.74. The molecule has 1 aromatic rings. The predicted molar refractivity (Wildman–Crippen MR) is 60.2 cm³/mol. The Hall–Kier alpha value is -0.820. The molecule has 1 heteroatoms. The van der Waals surface area contributed by atoms with E-state index in [9.17, 15) is 0 Å². The van der Waals surface area contributed by atoms with Crippen molar-refractivity contribution in [3.8, 4) is 0 Å². The molecule has 1 fully saturated rings. The van der Waals surface area contributed by atoms with Gasteiger partial charge in [0.1, 0.15) is 0 Å². The second-order valence-corrected chi connectivity index (χ2v) is 4.39. The summed E-state index contributed by atoms with van der Waals surface area (Å²) in [7, 11) is 0. The minimum absolute atomic E-state index is 0.302. The van der Waals surface area contributed by atoms with Crippen molar-refractivity contribution >= 4 is 0 Å². The molecule has 2 N–H and O–H groups in total. The van der Waals surface area contributed by atoms with Crippen LogP contribution in [0.5, 0.6) is 0 Å². The van der Waals surface area contributed by atoms with Crippen LogP contribution in [0.3, 0.4) is 0 Å². The molecule has 1 aliphatic rings. The molecule has 0 unspecified atom stereocenters. The van der Waals surface area contributed by atoms with Gasteiger partial charge in [-0.25, -0.2) is 0 Å². The first-order valence-electron chi connectivity index (χ1n) is 5.61. The summed E-state index contributed by atoms with van der Waals surface area (Å²) in [6.07, 6.45) is 4.95. The second-order valence-electron chi connectivity index (χ2n) is 4.39. The molecular weight excluding hydrogens is 170 g/mol. The van der Waals surface area contributed by atoms with E-state index in [1.807, 2.05) is 0 Å². The van der Waals surface area contributed by atoms with Gasteiger partial charge in [0.15, 0.2) is 0 Å². The van der Waals surface area contributed by atoms with Crippen molar-refractivity contribution in [1.82, 2.24) is 0 Å². The van der Waals surface area contributed by atoms with Crippen molar-refractivity contribution in [3.05, 3.63) is 35.9 Å². The summed E-state index contributed by atoms with van der Waals surface area (Å²) in [5.41, 5.74) is 7.99. The first-order valence-corrected chi connectivity index (χ1v) is 5.61. The standard InChI is InChI=1S/C13H19N/c1-2-12(14)13(9-6-10-13)11-7-4-3-5-8-11/h3-5,7-8,12H,2,6,9-10,14H2,1H3/t12-/m1/s1. The Labute approximate surface area is 86.3 Å². The zero-order valence-electron chi connectivity index (χ0n) is 8.87. The fraction of sp³-hybridized carbons (Fsp3) is 0.538. The van der Waals surface area contributed by atoms with E-state index in [2.05, 4.69) is 37.3 Å². The average Bonchev–Trinajstić information content (AvgIpc) is 2.17. The van der Waals surface area contributed by atoms with Crippen LogP contribution in [0.25, 0.3) is 0 Å². The van der Waals surface area contributed by atoms with E-state index in [0.29, 0.717) is 11.5 Å². The van der Waals surface area contributed by atoms with Crippen LogP contribution in [-0.2, 0) is 5.41 Å². The van der Waals surface area contributed by atoms with Crippen molar-refractivity contribution in [2.24, 2.45) is 5.73 Å². The fourth-order valence-electron chi connectivity index (χ4n) is 2.59. The molecule has 1 saturated carbocycles. The highest BCUT2D eigenvalue weighted by atomic mass is 14.7. The van der Waals surface area contributed by atoms with Gasteiger partial charge in [-0.15, -0.1) is 0 Å². The third-order valence-electron chi connectivity index (χ3n) is 3.74. The molecule has 0 radical (unpaired) electrons. The monoisotopic (exact) mass is 189 g/mol. The topological polar surface area (TPSA) is 26.0 Å². The highest BCUT2D eigenvalue weighted by molar-refractivity contribution is 5.30. The van der Waals surface area contributed by atoms with Gasteiger partial charge in [-0.2, -0.15) is 0 Å². The second kappa shape index (κ2) is 3.74. The maximum absolute atomic E-state index is 6.25. The molecule has 2 rings (SSSR count). The van der Waals surface area contributed by atoms with Crippen molar-refractivity contribution < 1.29 is 0 Å². The SMILES string of the molecule is CC[C@@H](N)C1(c2ccccc2)CCC1. The van der Waals surface area contributed by atoms with Crippen molar-refractivity contribution in [2.45, 2.75) is 44.1 Å². The summed E-state index contributed by atoms with van der Waals surface area (Å²) in [4.78, 5) is 0. The Morgan fingerprint density at radius 2 is 1.93 bits per heavy atom. The summed E-state index contributed by atoms with van der Waals surface area (Å²) >= 11 is 0. The summed E-state index contributed by atoms with van der Waals surface area (Å²) in [5.74, 6) is 0. The van der Waals surface area contributed by atoms with E-state index >= 15 is 0 Å². The Kier molecular flexibility index (Phi) is 2.60. The molecule has 14 heavy (non-hydrogen) atoms. The summed E-state index contributed by atoms with van der Waals surface area (Å²) in [6.45, 7) is 2.19. The van der Waals surface area contributed by atoms with Gasteiger partial charge in [0.05, 0.1) is 0 Å². The lowest BCUT2D eigenvalue weighted by molar-refractivity contribution is 0.192. The summed E-state index contributed by atoms with van der Waals surface area (Å²) in [5, 5.41) is 0. The van der Waals surface area contributed by atoms with Crippen molar-refractivity contribution in [2.75, 3.05) is 0 Å². The number of hydrogen-bond acceptors (Lipinski definition) is 1. The predicted octanol–water partition coefficient (Wildman–Crippen LogP) is 2.85. The van der Waals surface area contributed by atoms with Crippen LogP contribution < -0.4 is 5.73 Å². The Bertz CT molecular complexity index is 287. The van der Waals surface area contributed by atoms with Crippen molar-refractivity contribution in [1.29, 1.82) is 0 Å². The van der Waals surface area contributed by atoms with Crippen molar-refractivity contribution in [3.63, 3.8) is 0 Å². The molecule has 0 bridgehead atoms. The molecule has 0 heterocycles. The van der Waals surface area contributed by atoms with Crippen LogP contribution in [-0.4, -0.2) is 6.04 Å². The van der Waals surface area contributed by atoms with E-state index in [1.165, 1.54) is 24.8 Å². The summed E-state index contributed by atoms with van der Waals surface area (Å²) in [6, 6.07) is 11.1. The van der Waals surface area contributed by atoms with Crippen LogP contribution >= 0.6 is 0 Å². The largest absolute Gasteiger partial charge is 0.327 e. The first-order chi connectivity index (χ1) is 6.79. The maximum Gasteiger partial charge on any atom is 0.0134 e. The molecule has 1 aromatic carbocycles. The van der Waals surface area contributed by atoms with Crippen LogP contribution in [0, 0.1) is 0 Å². The van der Waals surface area contributed by atoms with E-state index < -0.39 is 0 Å². The number of rotatable bonds is 3. The zero-order valence-corrected chi connectivity index (χ0v) is 8.87. The minimum atomic E-state index is 0.302. The Morgan fingerprint density at radius 3 is 2.36 bits per heavy atom. The van der Waals surface area contributed by atoms with E-state index in [4.69, 9.17) is 5.73 Å². The van der Waals surface area contributed by atoms with Crippen LogP contribution in [0.1, 0.15) is 38.2 Å². The first kappa shape index (κ1) is 9.72. The lowest BCUT2D eigenvalue weighted by Crippen LogP contribution is -2.49. The lowest BCUT2D eigenvalue weighted by Gasteiger charge is -2.46. The minimum Gasteiger partial charge on any atom is -0.327 e. The zero-order chi connectivity index (χ0) is 10.0. The van der Waals surface area contributed by atoms with Gasteiger partial charge < -0.3 is 5.73 Å². The van der Waals surface area contributed by atoms with E-state index in [0.717, 1.165) is 6.42 Å². The maximum atomic E-state index is 6.25. The van der Waals surface area contributed by atoms with Gasteiger partial charge in [0.25, 0.3) is 0 Å². The van der Waals surface area contributed by atoms with E-state index in [1.54, 1.807) is 0 Å².